The normalized spacial score (nSPS) is 21.9. The van der Waals surface area contributed by atoms with Gasteiger partial charge in [0.25, 0.3) is 0 Å². The largest absolute Gasteiger partial charge is 0.481 e. The van der Waals surface area contributed by atoms with E-state index >= 15 is 0 Å². The third-order valence-corrected chi connectivity index (χ3v) is 5.76. The Labute approximate surface area is 155 Å². The summed E-state index contributed by atoms with van der Waals surface area (Å²) in [6.45, 7) is 5.51. The Bertz CT molecular complexity index is 702. The maximum atomic E-state index is 5.23. The van der Waals surface area contributed by atoms with E-state index in [1.165, 1.54) is 37.9 Å². The first-order chi connectivity index (χ1) is 12.8. The highest BCUT2D eigenvalue weighted by Crippen LogP contribution is 2.33. The summed E-state index contributed by atoms with van der Waals surface area (Å²) in [6, 6.07) is 5.99. The molecular weight excluding hydrogens is 326 g/mol. The van der Waals surface area contributed by atoms with Crippen LogP contribution < -0.4 is 9.64 Å². The van der Waals surface area contributed by atoms with Crippen molar-refractivity contribution in [2.24, 2.45) is 11.8 Å². The van der Waals surface area contributed by atoms with Crippen molar-refractivity contribution < 1.29 is 4.74 Å². The Morgan fingerprint density at radius 3 is 2.69 bits per heavy atom. The number of anilines is 1. The van der Waals surface area contributed by atoms with E-state index < -0.39 is 0 Å². The second kappa shape index (κ2) is 7.99. The average molecular weight is 353 g/mol. The minimum absolute atomic E-state index is 0.641. The van der Waals surface area contributed by atoms with Crippen LogP contribution in [0, 0.1) is 11.8 Å². The molecule has 2 saturated heterocycles. The summed E-state index contributed by atoms with van der Waals surface area (Å²) in [5.74, 6) is 3.02. The van der Waals surface area contributed by atoms with Crippen molar-refractivity contribution >= 4 is 5.95 Å². The quantitative estimate of drug-likeness (QED) is 0.824. The van der Waals surface area contributed by atoms with Crippen LogP contribution in [0.5, 0.6) is 5.88 Å². The van der Waals surface area contributed by atoms with Gasteiger partial charge in [0.2, 0.25) is 11.8 Å². The van der Waals surface area contributed by atoms with Crippen molar-refractivity contribution in [3.63, 3.8) is 0 Å². The standard InChI is InChI=1S/C20H27N5O/c1-26-19-4-9-22-20(23-19)25-12-7-18(15-25)17-5-10-24(11-6-17)14-16-3-2-8-21-13-16/h2-4,8-9,13,17-18H,5-7,10-12,14-15H2,1H3/t18-/m0/s1. The molecule has 26 heavy (non-hydrogen) atoms. The zero-order chi connectivity index (χ0) is 17.8. The van der Waals surface area contributed by atoms with Gasteiger partial charge >= 0.3 is 0 Å². The molecule has 0 bridgehead atoms. The molecule has 4 rings (SSSR count). The summed E-state index contributed by atoms with van der Waals surface area (Å²) in [5.41, 5.74) is 1.31. The third-order valence-electron chi connectivity index (χ3n) is 5.76. The minimum atomic E-state index is 0.641. The summed E-state index contributed by atoms with van der Waals surface area (Å²) in [7, 11) is 1.65. The van der Waals surface area contributed by atoms with Gasteiger partial charge in [0.05, 0.1) is 7.11 Å². The predicted molar refractivity (Wildman–Crippen MR) is 101 cm³/mol. The van der Waals surface area contributed by atoms with Crippen LogP contribution >= 0.6 is 0 Å². The lowest BCUT2D eigenvalue weighted by molar-refractivity contribution is 0.147. The molecule has 2 aliphatic heterocycles. The molecule has 0 N–H and O–H groups in total. The van der Waals surface area contributed by atoms with Crippen molar-refractivity contribution in [1.29, 1.82) is 0 Å². The number of nitrogens with zero attached hydrogens (tertiary/aromatic N) is 5. The molecule has 0 unspecified atom stereocenters. The van der Waals surface area contributed by atoms with Gasteiger partial charge in [-0.1, -0.05) is 6.07 Å². The molecule has 2 aliphatic rings. The number of aromatic nitrogens is 3. The summed E-state index contributed by atoms with van der Waals surface area (Å²) in [6.07, 6.45) is 9.43. The molecule has 2 aromatic heterocycles. The van der Waals surface area contributed by atoms with Crippen LogP contribution in [0.2, 0.25) is 0 Å². The van der Waals surface area contributed by atoms with Gasteiger partial charge in [0.15, 0.2) is 0 Å². The summed E-state index contributed by atoms with van der Waals surface area (Å²) >= 11 is 0. The Hall–Kier alpha value is -2.21. The maximum Gasteiger partial charge on any atom is 0.228 e. The monoisotopic (exact) mass is 353 g/mol. The van der Waals surface area contributed by atoms with E-state index in [1.54, 1.807) is 19.4 Å². The number of piperidine rings is 1. The van der Waals surface area contributed by atoms with Crippen molar-refractivity contribution in [1.82, 2.24) is 19.9 Å². The molecule has 2 fully saturated rings. The summed E-state index contributed by atoms with van der Waals surface area (Å²) < 4.78 is 5.23. The van der Waals surface area contributed by atoms with Crippen LogP contribution in [-0.4, -0.2) is 53.1 Å². The van der Waals surface area contributed by atoms with Crippen molar-refractivity contribution in [2.45, 2.75) is 25.8 Å². The van der Waals surface area contributed by atoms with Crippen LogP contribution in [0.25, 0.3) is 0 Å². The van der Waals surface area contributed by atoms with E-state index in [4.69, 9.17) is 4.74 Å². The zero-order valence-electron chi connectivity index (χ0n) is 15.4. The fraction of sp³-hybridized carbons (Fsp3) is 0.550. The van der Waals surface area contributed by atoms with E-state index in [2.05, 4.69) is 30.8 Å². The second-order valence-electron chi connectivity index (χ2n) is 7.37. The first kappa shape index (κ1) is 17.2. The van der Waals surface area contributed by atoms with E-state index in [9.17, 15) is 0 Å². The highest BCUT2D eigenvalue weighted by molar-refractivity contribution is 5.33. The van der Waals surface area contributed by atoms with Gasteiger partial charge in [0, 0.05) is 44.3 Å². The van der Waals surface area contributed by atoms with Gasteiger partial charge < -0.3 is 9.64 Å². The smallest absolute Gasteiger partial charge is 0.228 e. The van der Waals surface area contributed by atoms with Gasteiger partial charge in [-0.25, -0.2) is 4.98 Å². The van der Waals surface area contributed by atoms with Gasteiger partial charge in [-0.15, -0.1) is 0 Å². The number of rotatable bonds is 5. The Balaban J connectivity index is 1.29. The second-order valence-corrected chi connectivity index (χ2v) is 7.37. The molecule has 0 amide bonds. The van der Waals surface area contributed by atoms with Crippen LogP contribution in [0.4, 0.5) is 5.95 Å². The molecular formula is C20H27N5O. The molecule has 0 aliphatic carbocycles. The third kappa shape index (κ3) is 3.96. The number of hydrogen-bond acceptors (Lipinski definition) is 6. The first-order valence-electron chi connectivity index (χ1n) is 9.55. The van der Waals surface area contributed by atoms with Crippen molar-refractivity contribution in [2.75, 3.05) is 38.2 Å². The fourth-order valence-electron chi connectivity index (χ4n) is 4.28. The highest BCUT2D eigenvalue weighted by atomic mass is 16.5. The number of hydrogen-bond donors (Lipinski definition) is 0. The minimum Gasteiger partial charge on any atom is -0.481 e. The van der Waals surface area contributed by atoms with Gasteiger partial charge in [-0.3, -0.25) is 9.88 Å². The van der Waals surface area contributed by atoms with E-state index in [-0.39, 0.29) is 0 Å². The predicted octanol–water partition coefficient (Wildman–Crippen LogP) is 2.62. The molecule has 0 spiro atoms. The van der Waals surface area contributed by atoms with Crippen molar-refractivity contribution in [3.05, 3.63) is 42.4 Å². The number of ether oxygens (including phenoxy) is 1. The van der Waals surface area contributed by atoms with Crippen LogP contribution in [0.15, 0.2) is 36.8 Å². The lowest BCUT2D eigenvalue weighted by Gasteiger charge is -2.34. The first-order valence-corrected chi connectivity index (χ1v) is 9.55. The van der Waals surface area contributed by atoms with Gasteiger partial charge in [-0.05, 0) is 55.8 Å². The average Bonchev–Trinajstić information content (AvgIpc) is 3.20. The molecule has 1 atom stereocenters. The Morgan fingerprint density at radius 2 is 1.92 bits per heavy atom. The molecule has 6 nitrogen and oxygen atoms in total. The molecule has 0 aromatic carbocycles. The van der Waals surface area contributed by atoms with Gasteiger partial charge in [-0.2, -0.15) is 4.98 Å². The Morgan fingerprint density at radius 1 is 1.08 bits per heavy atom. The molecule has 0 radical (unpaired) electrons. The number of pyridine rings is 1. The van der Waals surface area contributed by atoms with Crippen LogP contribution in [0.1, 0.15) is 24.8 Å². The van der Waals surface area contributed by atoms with E-state index in [0.29, 0.717) is 5.88 Å². The molecule has 6 heteroatoms. The zero-order valence-corrected chi connectivity index (χ0v) is 15.4. The van der Waals surface area contributed by atoms with E-state index in [1.807, 2.05) is 18.5 Å². The Kier molecular flexibility index (Phi) is 5.29. The molecule has 0 saturated carbocycles. The molecule has 4 heterocycles. The van der Waals surface area contributed by atoms with Crippen LogP contribution in [0.3, 0.4) is 0 Å². The molecule has 138 valence electrons. The summed E-state index contributed by atoms with van der Waals surface area (Å²) in [5, 5.41) is 0. The molecule has 2 aromatic rings. The van der Waals surface area contributed by atoms with Crippen LogP contribution in [-0.2, 0) is 6.54 Å². The SMILES string of the molecule is COc1ccnc(N2CC[C@H](C3CCN(Cc4cccnc4)CC3)C2)n1. The lowest BCUT2D eigenvalue weighted by Crippen LogP contribution is -2.36. The maximum absolute atomic E-state index is 5.23. The highest BCUT2D eigenvalue weighted by Gasteiger charge is 2.32. The lowest BCUT2D eigenvalue weighted by atomic mass is 9.83. The van der Waals surface area contributed by atoms with Crippen molar-refractivity contribution in [3.8, 4) is 5.88 Å². The van der Waals surface area contributed by atoms with Gasteiger partial charge in [0.1, 0.15) is 0 Å². The topological polar surface area (TPSA) is 54.4 Å². The number of likely N-dealkylation sites (tertiary alicyclic amines) is 1. The van der Waals surface area contributed by atoms with E-state index in [0.717, 1.165) is 37.4 Å². The fourth-order valence-corrected chi connectivity index (χ4v) is 4.28. The summed E-state index contributed by atoms with van der Waals surface area (Å²) in [4.78, 5) is 18.0. The number of methoxy groups -OCH3 is 1.